The third kappa shape index (κ3) is 4.90. The lowest BCUT2D eigenvalue weighted by molar-refractivity contribution is -0.119. The van der Waals surface area contributed by atoms with Crippen molar-refractivity contribution in [1.29, 1.82) is 0 Å². The molecule has 2 aromatic carbocycles. The Labute approximate surface area is 163 Å². The van der Waals surface area contributed by atoms with Crippen molar-refractivity contribution < 1.29 is 18.7 Å². The zero-order valence-corrected chi connectivity index (χ0v) is 15.7. The highest BCUT2D eigenvalue weighted by Crippen LogP contribution is 2.24. The highest BCUT2D eigenvalue weighted by molar-refractivity contribution is 7.13. The third-order valence-electron chi connectivity index (χ3n) is 3.54. The van der Waals surface area contributed by atoms with Crippen LogP contribution in [-0.4, -0.2) is 23.5 Å². The normalized spacial score (nSPS) is 10.5. The highest BCUT2D eigenvalue weighted by atomic mass is 35.5. The molecule has 0 fully saturated rings. The van der Waals surface area contributed by atoms with E-state index in [9.17, 15) is 14.0 Å². The molecule has 138 valence electrons. The largest absolute Gasteiger partial charge is 0.451 e. The van der Waals surface area contributed by atoms with Crippen LogP contribution in [0.3, 0.4) is 0 Å². The lowest BCUT2D eigenvalue weighted by Crippen LogP contribution is -2.21. The summed E-state index contributed by atoms with van der Waals surface area (Å²) in [6, 6.07) is 11.0. The standard InChI is InChI=1S/C19H14ClFN2O3S/c1-11-2-7-15(14(20)8-11)22-17(24)9-26-19(25)16-10-27-18(23-16)12-3-5-13(21)6-4-12/h2-8,10H,9H2,1H3,(H,22,24). The summed E-state index contributed by atoms with van der Waals surface area (Å²) in [5.74, 6) is -1.58. The average molecular weight is 405 g/mol. The minimum absolute atomic E-state index is 0.0838. The molecule has 0 unspecified atom stereocenters. The number of hydrogen-bond donors (Lipinski definition) is 1. The lowest BCUT2D eigenvalue weighted by atomic mass is 10.2. The molecule has 0 aliphatic carbocycles. The predicted molar refractivity (Wildman–Crippen MR) is 103 cm³/mol. The molecule has 0 radical (unpaired) electrons. The number of benzene rings is 2. The maximum atomic E-state index is 13.0. The maximum Gasteiger partial charge on any atom is 0.358 e. The summed E-state index contributed by atoms with van der Waals surface area (Å²) in [4.78, 5) is 28.2. The van der Waals surface area contributed by atoms with E-state index in [0.717, 1.165) is 5.56 Å². The first-order valence-electron chi connectivity index (χ1n) is 7.87. The molecule has 27 heavy (non-hydrogen) atoms. The van der Waals surface area contributed by atoms with Gasteiger partial charge in [0.15, 0.2) is 12.3 Å². The van der Waals surface area contributed by atoms with E-state index in [4.69, 9.17) is 16.3 Å². The number of nitrogens with zero attached hydrogens (tertiary/aromatic N) is 1. The van der Waals surface area contributed by atoms with Gasteiger partial charge in [0.2, 0.25) is 0 Å². The smallest absolute Gasteiger partial charge is 0.358 e. The Bertz CT molecular complexity index is 989. The van der Waals surface area contributed by atoms with E-state index in [2.05, 4.69) is 10.3 Å². The second-order valence-electron chi connectivity index (χ2n) is 5.65. The van der Waals surface area contributed by atoms with E-state index in [1.54, 1.807) is 30.3 Å². The SMILES string of the molecule is Cc1ccc(NC(=O)COC(=O)c2csc(-c3ccc(F)cc3)n2)c(Cl)c1. The van der Waals surface area contributed by atoms with Crippen LogP contribution in [-0.2, 0) is 9.53 Å². The summed E-state index contributed by atoms with van der Waals surface area (Å²) >= 11 is 7.27. The predicted octanol–water partition coefficient (Wildman–Crippen LogP) is 4.71. The fraction of sp³-hybridized carbons (Fsp3) is 0.105. The van der Waals surface area contributed by atoms with Crippen molar-refractivity contribution >= 4 is 40.5 Å². The molecular formula is C19H14ClFN2O3S. The number of carbonyl (C=O) groups is 2. The van der Waals surface area contributed by atoms with Crippen molar-refractivity contribution in [2.45, 2.75) is 6.92 Å². The van der Waals surface area contributed by atoms with E-state index >= 15 is 0 Å². The van der Waals surface area contributed by atoms with Crippen molar-refractivity contribution in [1.82, 2.24) is 4.98 Å². The lowest BCUT2D eigenvalue weighted by Gasteiger charge is -2.08. The zero-order valence-electron chi connectivity index (χ0n) is 14.2. The molecule has 1 N–H and O–H groups in total. The number of carbonyl (C=O) groups excluding carboxylic acids is 2. The number of anilines is 1. The van der Waals surface area contributed by atoms with Crippen molar-refractivity contribution in [2.24, 2.45) is 0 Å². The van der Waals surface area contributed by atoms with Gasteiger partial charge < -0.3 is 10.1 Å². The first-order valence-corrected chi connectivity index (χ1v) is 9.13. The molecule has 1 heterocycles. The van der Waals surface area contributed by atoms with Crippen LogP contribution in [0.2, 0.25) is 5.02 Å². The van der Waals surface area contributed by atoms with E-state index in [1.807, 2.05) is 6.92 Å². The van der Waals surface area contributed by atoms with Crippen LogP contribution in [0, 0.1) is 12.7 Å². The molecule has 8 heteroatoms. The minimum atomic E-state index is -0.718. The number of aromatic nitrogens is 1. The van der Waals surface area contributed by atoms with Gasteiger partial charge in [-0.15, -0.1) is 11.3 Å². The van der Waals surface area contributed by atoms with E-state index in [0.29, 0.717) is 21.3 Å². The Morgan fingerprint density at radius 2 is 1.96 bits per heavy atom. The van der Waals surface area contributed by atoms with Gasteiger partial charge in [-0.25, -0.2) is 14.2 Å². The fourth-order valence-electron chi connectivity index (χ4n) is 2.21. The highest BCUT2D eigenvalue weighted by Gasteiger charge is 2.15. The third-order valence-corrected chi connectivity index (χ3v) is 4.74. The van der Waals surface area contributed by atoms with Gasteiger partial charge in [-0.1, -0.05) is 17.7 Å². The number of aryl methyl sites for hydroxylation is 1. The van der Waals surface area contributed by atoms with Crippen LogP contribution in [0.25, 0.3) is 10.6 Å². The molecule has 0 bridgehead atoms. The van der Waals surface area contributed by atoms with E-state index in [-0.39, 0.29) is 11.5 Å². The molecule has 0 aliphatic heterocycles. The topological polar surface area (TPSA) is 68.3 Å². The number of hydrogen-bond acceptors (Lipinski definition) is 5. The van der Waals surface area contributed by atoms with Gasteiger partial charge >= 0.3 is 5.97 Å². The van der Waals surface area contributed by atoms with E-state index in [1.165, 1.54) is 28.8 Å². The number of esters is 1. The second kappa shape index (κ2) is 8.28. The molecule has 5 nitrogen and oxygen atoms in total. The maximum absolute atomic E-state index is 13.0. The first kappa shape index (κ1) is 19.0. The number of ether oxygens (including phenoxy) is 1. The van der Waals surface area contributed by atoms with Crippen LogP contribution in [0.1, 0.15) is 16.1 Å². The molecule has 1 amide bonds. The van der Waals surface area contributed by atoms with Crippen molar-refractivity contribution in [2.75, 3.05) is 11.9 Å². The average Bonchev–Trinajstić information content (AvgIpc) is 3.13. The van der Waals surface area contributed by atoms with Gasteiger partial charge in [-0.2, -0.15) is 0 Å². The Hall–Kier alpha value is -2.77. The molecular weight excluding hydrogens is 391 g/mol. The van der Waals surface area contributed by atoms with Crippen LogP contribution in [0.4, 0.5) is 10.1 Å². The number of nitrogens with one attached hydrogen (secondary N) is 1. The van der Waals surface area contributed by atoms with Gasteiger partial charge in [0, 0.05) is 10.9 Å². The molecule has 3 rings (SSSR count). The van der Waals surface area contributed by atoms with Gasteiger partial charge in [0.1, 0.15) is 10.8 Å². The first-order chi connectivity index (χ1) is 12.9. The molecule has 0 atom stereocenters. The molecule has 3 aromatic rings. The number of thiazole rings is 1. The van der Waals surface area contributed by atoms with Crippen molar-refractivity contribution in [3.8, 4) is 10.6 Å². The van der Waals surface area contributed by atoms with Crippen LogP contribution in [0.15, 0.2) is 47.8 Å². The van der Waals surface area contributed by atoms with Gasteiger partial charge in [-0.3, -0.25) is 4.79 Å². The summed E-state index contributed by atoms with van der Waals surface area (Å²) in [7, 11) is 0. The van der Waals surface area contributed by atoms with E-state index < -0.39 is 18.5 Å². The Balaban J connectivity index is 1.57. The Morgan fingerprint density at radius 3 is 2.67 bits per heavy atom. The minimum Gasteiger partial charge on any atom is -0.451 e. The molecule has 1 aromatic heterocycles. The fourth-order valence-corrected chi connectivity index (χ4v) is 3.28. The molecule has 0 spiro atoms. The second-order valence-corrected chi connectivity index (χ2v) is 6.92. The number of halogens is 2. The summed E-state index contributed by atoms with van der Waals surface area (Å²) in [6.45, 7) is 1.42. The van der Waals surface area contributed by atoms with Crippen LogP contribution in [0.5, 0.6) is 0 Å². The summed E-state index contributed by atoms with van der Waals surface area (Å²) in [5.41, 5.74) is 2.17. The molecule has 0 saturated heterocycles. The number of rotatable bonds is 5. The summed E-state index contributed by atoms with van der Waals surface area (Å²) < 4.78 is 18.0. The van der Waals surface area contributed by atoms with Crippen LogP contribution < -0.4 is 5.32 Å². The zero-order chi connectivity index (χ0) is 19.4. The van der Waals surface area contributed by atoms with Crippen molar-refractivity contribution in [3.05, 3.63) is 69.9 Å². The monoisotopic (exact) mass is 404 g/mol. The van der Waals surface area contributed by atoms with Gasteiger partial charge in [0.25, 0.3) is 5.91 Å². The quantitative estimate of drug-likeness (QED) is 0.625. The summed E-state index contributed by atoms with van der Waals surface area (Å²) in [6.07, 6.45) is 0. The molecule has 0 saturated carbocycles. The number of amides is 1. The van der Waals surface area contributed by atoms with Crippen LogP contribution >= 0.6 is 22.9 Å². The van der Waals surface area contributed by atoms with Gasteiger partial charge in [-0.05, 0) is 48.9 Å². The van der Waals surface area contributed by atoms with Gasteiger partial charge in [0.05, 0.1) is 10.7 Å². The Morgan fingerprint density at radius 1 is 1.22 bits per heavy atom. The molecule has 0 aliphatic rings. The van der Waals surface area contributed by atoms with Crippen molar-refractivity contribution in [3.63, 3.8) is 0 Å². The summed E-state index contributed by atoms with van der Waals surface area (Å²) in [5, 5.41) is 5.06. The Kier molecular flexibility index (Phi) is 5.83.